The minimum atomic E-state index is -3.49. The zero-order chi connectivity index (χ0) is 14.8. The lowest BCUT2D eigenvalue weighted by molar-refractivity contribution is -0.150. The molecule has 0 aliphatic carbocycles. The summed E-state index contributed by atoms with van der Waals surface area (Å²) < 4.78 is 37.6. The number of halogens is 1. The maximum atomic E-state index is 13.8. The minimum Gasteiger partial charge on any atom is -0.479 e. The molecule has 0 spiro atoms. The average molecular weight is 296 g/mol. The fraction of sp³-hybridized carbons (Fsp3) is 0.800. The smallest absolute Gasteiger partial charge is 0.343 e. The van der Waals surface area contributed by atoms with Gasteiger partial charge in [0.1, 0.15) is 0 Å². The Balaban J connectivity index is 2.65. The van der Waals surface area contributed by atoms with E-state index < -0.39 is 40.7 Å². The Kier molecular flexibility index (Phi) is 4.51. The lowest BCUT2D eigenvalue weighted by atomic mass is 10.1. The molecule has 1 amide bonds. The molecule has 0 aromatic heterocycles. The van der Waals surface area contributed by atoms with Crippen LogP contribution in [-0.2, 0) is 19.6 Å². The molecule has 1 heterocycles. The number of aliphatic carboxylic acids is 1. The van der Waals surface area contributed by atoms with Gasteiger partial charge >= 0.3 is 5.97 Å². The van der Waals surface area contributed by atoms with Gasteiger partial charge in [0.15, 0.2) is 0 Å². The number of nitrogens with zero attached hydrogens (tertiary/aromatic N) is 2. The zero-order valence-corrected chi connectivity index (χ0v) is 11.6. The van der Waals surface area contributed by atoms with Crippen molar-refractivity contribution in [3.8, 4) is 0 Å². The van der Waals surface area contributed by atoms with Gasteiger partial charge in [0, 0.05) is 20.0 Å². The summed E-state index contributed by atoms with van der Waals surface area (Å²) in [6.07, 6.45) is -0.279. The summed E-state index contributed by atoms with van der Waals surface area (Å²) in [6.45, 7) is 0.470. The van der Waals surface area contributed by atoms with E-state index in [9.17, 15) is 22.4 Å². The largest absolute Gasteiger partial charge is 0.479 e. The molecule has 1 rings (SSSR count). The lowest BCUT2D eigenvalue weighted by Crippen LogP contribution is -2.43. The molecule has 7 nitrogen and oxygen atoms in total. The molecule has 1 aliphatic rings. The third kappa shape index (κ3) is 3.41. The molecule has 1 aliphatic heterocycles. The molecular weight excluding hydrogens is 279 g/mol. The molecule has 0 aromatic carbocycles. The van der Waals surface area contributed by atoms with Crippen LogP contribution in [0.1, 0.15) is 13.3 Å². The van der Waals surface area contributed by atoms with E-state index in [0.717, 1.165) is 9.21 Å². The highest BCUT2D eigenvalue weighted by atomic mass is 32.2. The molecule has 0 aromatic rings. The Hall–Kier alpha value is -1.22. The number of alkyl halides is 1. The van der Waals surface area contributed by atoms with Gasteiger partial charge in [-0.15, -0.1) is 0 Å². The maximum Gasteiger partial charge on any atom is 0.343 e. The third-order valence-corrected chi connectivity index (χ3v) is 4.96. The van der Waals surface area contributed by atoms with Gasteiger partial charge in [-0.1, -0.05) is 0 Å². The van der Waals surface area contributed by atoms with E-state index in [2.05, 4.69) is 0 Å². The second-order valence-electron chi connectivity index (χ2n) is 4.49. The molecule has 19 heavy (non-hydrogen) atoms. The SMILES string of the molecule is CCS(=O)(=O)N(C)CC(=O)N1CCC(F)(C(=O)O)C1. The molecule has 0 bridgehead atoms. The van der Waals surface area contributed by atoms with Crippen molar-refractivity contribution in [1.82, 2.24) is 9.21 Å². The van der Waals surface area contributed by atoms with Crippen LogP contribution in [0.2, 0.25) is 0 Å². The first kappa shape index (κ1) is 15.8. The first-order chi connectivity index (χ1) is 8.62. The summed E-state index contributed by atoms with van der Waals surface area (Å²) in [5.74, 6) is -2.34. The number of hydrogen-bond donors (Lipinski definition) is 1. The molecule has 1 fully saturated rings. The monoisotopic (exact) mass is 296 g/mol. The first-order valence-electron chi connectivity index (χ1n) is 5.76. The first-order valence-corrected chi connectivity index (χ1v) is 7.37. The van der Waals surface area contributed by atoms with E-state index in [-0.39, 0.29) is 18.7 Å². The van der Waals surface area contributed by atoms with Gasteiger partial charge in [-0.3, -0.25) is 4.79 Å². The molecule has 110 valence electrons. The Morgan fingerprint density at radius 3 is 2.47 bits per heavy atom. The molecule has 9 heteroatoms. The Morgan fingerprint density at radius 1 is 1.47 bits per heavy atom. The summed E-state index contributed by atoms with van der Waals surface area (Å²) in [5, 5.41) is 8.70. The Labute approximate surface area is 111 Å². The van der Waals surface area contributed by atoms with E-state index in [0.29, 0.717) is 0 Å². The minimum absolute atomic E-state index is 0.0261. The van der Waals surface area contributed by atoms with E-state index in [1.165, 1.54) is 14.0 Å². The van der Waals surface area contributed by atoms with Crippen LogP contribution in [0, 0.1) is 0 Å². The number of hydrogen-bond acceptors (Lipinski definition) is 4. The summed E-state index contributed by atoms with van der Waals surface area (Å²) in [6, 6.07) is 0. The fourth-order valence-electron chi connectivity index (χ4n) is 1.77. The van der Waals surface area contributed by atoms with Crippen molar-refractivity contribution in [1.29, 1.82) is 0 Å². The normalized spacial score (nSPS) is 23.9. The number of sulfonamides is 1. The topological polar surface area (TPSA) is 95.0 Å². The van der Waals surface area contributed by atoms with Crippen LogP contribution in [-0.4, -0.2) is 72.7 Å². The molecule has 0 saturated carbocycles. The number of amides is 1. The van der Waals surface area contributed by atoms with Crippen molar-refractivity contribution < 1.29 is 27.5 Å². The molecule has 1 atom stereocenters. The number of carbonyl (C=O) groups is 2. The van der Waals surface area contributed by atoms with Gasteiger partial charge < -0.3 is 10.0 Å². The summed E-state index contributed by atoms with van der Waals surface area (Å²) in [5.41, 5.74) is -2.43. The average Bonchev–Trinajstić information content (AvgIpc) is 2.73. The van der Waals surface area contributed by atoms with Crippen molar-refractivity contribution in [3.05, 3.63) is 0 Å². The fourth-order valence-corrected chi connectivity index (χ4v) is 2.52. The van der Waals surface area contributed by atoms with E-state index in [1.807, 2.05) is 0 Å². The Morgan fingerprint density at radius 2 is 2.05 bits per heavy atom. The highest BCUT2D eigenvalue weighted by Crippen LogP contribution is 2.26. The van der Waals surface area contributed by atoms with Gasteiger partial charge in [-0.05, 0) is 6.92 Å². The van der Waals surface area contributed by atoms with Crippen LogP contribution in [0.3, 0.4) is 0 Å². The van der Waals surface area contributed by atoms with Crippen LogP contribution in [0.5, 0.6) is 0 Å². The number of rotatable bonds is 5. The zero-order valence-electron chi connectivity index (χ0n) is 10.8. The molecule has 1 N–H and O–H groups in total. The van der Waals surface area contributed by atoms with E-state index >= 15 is 0 Å². The number of carboxylic acid groups (broad SMARTS) is 1. The molecule has 1 unspecified atom stereocenters. The van der Waals surface area contributed by atoms with Crippen molar-refractivity contribution >= 4 is 21.9 Å². The summed E-state index contributed by atoms with van der Waals surface area (Å²) in [7, 11) is -2.24. The van der Waals surface area contributed by atoms with Crippen LogP contribution < -0.4 is 0 Å². The summed E-state index contributed by atoms with van der Waals surface area (Å²) in [4.78, 5) is 23.5. The van der Waals surface area contributed by atoms with Crippen molar-refractivity contribution in [2.75, 3.05) is 32.4 Å². The van der Waals surface area contributed by atoms with Crippen LogP contribution in [0.25, 0.3) is 0 Å². The highest BCUT2D eigenvalue weighted by molar-refractivity contribution is 7.89. The van der Waals surface area contributed by atoms with Gasteiger partial charge in [-0.25, -0.2) is 17.6 Å². The van der Waals surface area contributed by atoms with Gasteiger partial charge in [0.2, 0.25) is 21.6 Å². The molecular formula is C10H17FN2O5S. The van der Waals surface area contributed by atoms with Gasteiger partial charge in [-0.2, -0.15) is 4.31 Å². The predicted octanol–water partition coefficient (Wildman–Crippen LogP) is -0.707. The number of likely N-dealkylation sites (tertiary alicyclic amines) is 1. The predicted molar refractivity (Wildman–Crippen MR) is 64.8 cm³/mol. The van der Waals surface area contributed by atoms with E-state index in [1.54, 1.807) is 0 Å². The van der Waals surface area contributed by atoms with E-state index in [4.69, 9.17) is 5.11 Å². The second kappa shape index (κ2) is 5.41. The van der Waals surface area contributed by atoms with Crippen molar-refractivity contribution in [2.45, 2.75) is 19.0 Å². The molecule has 0 radical (unpaired) electrons. The van der Waals surface area contributed by atoms with Gasteiger partial charge in [0.25, 0.3) is 0 Å². The van der Waals surface area contributed by atoms with Crippen LogP contribution in [0.4, 0.5) is 4.39 Å². The van der Waals surface area contributed by atoms with Crippen molar-refractivity contribution in [2.24, 2.45) is 0 Å². The molecule has 1 saturated heterocycles. The highest BCUT2D eigenvalue weighted by Gasteiger charge is 2.47. The lowest BCUT2D eigenvalue weighted by Gasteiger charge is -2.21. The van der Waals surface area contributed by atoms with Crippen LogP contribution >= 0.6 is 0 Å². The number of carbonyl (C=O) groups excluding carboxylic acids is 1. The quantitative estimate of drug-likeness (QED) is 0.723. The number of likely N-dealkylation sites (N-methyl/N-ethyl adjacent to an activating group) is 1. The van der Waals surface area contributed by atoms with Gasteiger partial charge in [0.05, 0.1) is 18.8 Å². The second-order valence-corrected chi connectivity index (χ2v) is 6.86. The third-order valence-electron chi connectivity index (χ3n) is 3.15. The Bertz CT molecular complexity index is 480. The summed E-state index contributed by atoms with van der Waals surface area (Å²) >= 11 is 0. The number of carboxylic acids is 1. The standard InChI is InChI=1S/C10H17FN2O5S/c1-3-19(17,18)12(2)6-8(14)13-5-4-10(11,7-13)9(15)16/h3-7H2,1-2H3,(H,15,16). The maximum absolute atomic E-state index is 13.8. The van der Waals surface area contributed by atoms with Crippen molar-refractivity contribution in [3.63, 3.8) is 0 Å². The van der Waals surface area contributed by atoms with Crippen LogP contribution in [0.15, 0.2) is 0 Å².